The highest BCUT2D eigenvalue weighted by Crippen LogP contribution is 2.25. The van der Waals surface area contributed by atoms with Crippen LogP contribution >= 0.6 is 0 Å². The molecular weight excluding hydrogens is 176 g/mol. The molecule has 0 aromatic carbocycles. The Morgan fingerprint density at radius 3 is 2.71 bits per heavy atom. The van der Waals surface area contributed by atoms with Crippen molar-refractivity contribution in [1.82, 2.24) is 5.43 Å². The lowest BCUT2D eigenvalue weighted by Gasteiger charge is -2.18. The second-order valence-corrected chi connectivity index (χ2v) is 3.90. The lowest BCUT2D eigenvalue weighted by Crippen LogP contribution is -2.29. The number of hydrazine groups is 1. The standard InChI is InChI=1S/C11H20N2O/c1-4-8(2)7-11(13-12)10-5-6-14-9(10)3/h5-6,8,11,13H,4,7,12H2,1-3H3. The van der Waals surface area contributed by atoms with E-state index in [2.05, 4.69) is 19.3 Å². The monoisotopic (exact) mass is 196 g/mol. The van der Waals surface area contributed by atoms with E-state index < -0.39 is 0 Å². The number of nitrogens with two attached hydrogens (primary N) is 1. The van der Waals surface area contributed by atoms with E-state index in [-0.39, 0.29) is 6.04 Å². The van der Waals surface area contributed by atoms with Gasteiger partial charge in [-0.3, -0.25) is 11.3 Å². The molecule has 80 valence electrons. The quantitative estimate of drug-likeness (QED) is 0.562. The summed E-state index contributed by atoms with van der Waals surface area (Å²) >= 11 is 0. The van der Waals surface area contributed by atoms with E-state index in [1.165, 1.54) is 12.0 Å². The lowest BCUT2D eigenvalue weighted by atomic mass is 9.95. The van der Waals surface area contributed by atoms with E-state index in [1.807, 2.05) is 13.0 Å². The zero-order chi connectivity index (χ0) is 10.6. The summed E-state index contributed by atoms with van der Waals surface area (Å²) in [6.45, 7) is 6.40. The molecule has 0 bridgehead atoms. The summed E-state index contributed by atoms with van der Waals surface area (Å²) in [6.07, 6.45) is 3.94. The smallest absolute Gasteiger partial charge is 0.105 e. The van der Waals surface area contributed by atoms with Crippen LogP contribution in [-0.4, -0.2) is 0 Å². The number of rotatable bonds is 5. The maximum Gasteiger partial charge on any atom is 0.105 e. The zero-order valence-electron chi connectivity index (χ0n) is 9.21. The van der Waals surface area contributed by atoms with Crippen LogP contribution in [0.2, 0.25) is 0 Å². The van der Waals surface area contributed by atoms with Gasteiger partial charge in [-0.2, -0.15) is 0 Å². The first-order valence-electron chi connectivity index (χ1n) is 5.19. The molecule has 0 spiro atoms. The fraction of sp³-hybridized carbons (Fsp3) is 0.636. The number of nitrogens with one attached hydrogen (secondary N) is 1. The molecular formula is C11H20N2O. The summed E-state index contributed by atoms with van der Waals surface area (Å²) in [7, 11) is 0. The summed E-state index contributed by atoms with van der Waals surface area (Å²) in [5.41, 5.74) is 4.02. The molecule has 14 heavy (non-hydrogen) atoms. The van der Waals surface area contributed by atoms with Crippen LogP contribution in [0.5, 0.6) is 0 Å². The summed E-state index contributed by atoms with van der Waals surface area (Å²) in [5.74, 6) is 7.17. The Bertz CT molecular complexity index is 270. The molecule has 3 nitrogen and oxygen atoms in total. The van der Waals surface area contributed by atoms with Gasteiger partial charge in [-0.05, 0) is 25.3 Å². The first kappa shape index (κ1) is 11.3. The highest BCUT2D eigenvalue weighted by molar-refractivity contribution is 5.19. The van der Waals surface area contributed by atoms with Crippen LogP contribution in [0, 0.1) is 12.8 Å². The first-order chi connectivity index (χ1) is 6.69. The minimum atomic E-state index is 0.212. The van der Waals surface area contributed by atoms with Crippen molar-refractivity contribution in [3.05, 3.63) is 23.7 Å². The maximum atomic E-state index is 5.54. The third-order valence-electron chi connectivity index (χ3n) is 2.81. The fourth-order valence-corrected chi connectivity index (χ4v) is 1.61. The van der Waals surface area contributed by atoms with Crippen molar-refractivity contribution in [3.63, 3.8) is 0 Å². The van der Waals surface area contributed by atoms with Crippen molar-refractivity contribution < 1.29 is 4.42 Å². The van der Waals surface area contributed by atoms with Crippen LogP contribution in [0.4, 0.5) is 0 Å². The largest absolute Gasteiger partial charge is 0.469 e. The average molecular weight is 196 g/mol. The molecule has 0 saturated heterocycles. The van der Waals surface area contributed by atoms with Gasteiger partial charge in [0.05, 0.1) is 6.26 Å². The van der Waals surface area contributed by atoms with Gasteiger partial charge >= 0.3 is 0 Å². The number of hydrogen-bond donors (Lipinski definition) is 2. The van der Waals surface area contributed by atoms with Gasteiger partial charge in [0, 0.05) is 11.6 Å². The van der Waals surface area contributed by atoms with Crippen LogP contribution in [-0.2, 0) is 0 Å². The second-order valence-electron chi connectivity index (χ2n) is 3.90. The molecule has 3 N–H and O–H groups in total. The fourth-order valence-electron chi connectivity index (χ4n) is 1.61. The SMILES string of the molecule is CCC(C)CC(NN)c1ccoc1C. The highest BCUT2D eigenvalue weighted by Gasteiger charge is 2.16. The van der Waals surface area contributed by atoms with Crippen LogP contribution in [0.15, 0.2) is 16.7 Å². The van der Waals surface area contributed by atoms with Gasteiger partial charge < -0.3 is 4.42 Å². The molecule has 0 fully saturated rings. The molecule has 0 saturated carbocycles. The minimum Gasteiger partial charge on any atom is -0.469 e. The molecule has 1 aromatic rings. The molecule has 0 radical (unpaired) electrons. The van der Waals surface area contributed by atoms with Gasteiger partial charge in [0.1, 0.15) is 5.76 Å². The topological polar surface area (TPSA) is 51.2 Å². The van der Waals surface area contributed by atoms with Crippen molar-refractivity contribution in [3.8, 4) is 0 Å². The maximum absolute atomic E-state index is 5.54. The van der Waals surface area contributed by atoms with E-state index in [9.17, 15) is 0 Å². The van der Waals surface area contributed by atoms with Crippen molar-refractivity contribution in [1.29, 1.82) is 0 Å². The Morgan fingerprint density at radius 2 is 2.29 bits per heavy atom. The molecule has 1 heterocycles. The van der Waals surface area contributed by atoms with E-state index in [1.54, 1.807) is 6.26 Å². The normalized spacial score (nSPS) is 15.4. The molecule has 1 rings (SSSR count). The van der Waals surface area contributed by atoms with Gasteiger partial charge in [0.15, 0.2) is 0 Å². The van der Waals surface area contributed by atoms with Crippen LogP contribution in [0.1, 0.15) is 44.1 Å². The molecule has 3 heteroatoms. The highest BCUT2D eigenvalue weighted by atomic mass is 16.3. The predicted octanol–water partition coefficient (Wildman–Crippen LogP) is 2.53. The van der Waals surface area contributed by atoms with E-state index in [0.29, 0.717) is 5.92 Å². The Hall–Kier alpha value is -0.800. The van der Waals surface area contributed by atoms with Crippen molar-refractivity contribution in [2.24, 2.45) is 11.8 Å². The van der Waals surface area contributed by atoms with Crippen LogP contribution < -0.4 is 11.3 Å². The minimum absolute atomic E-state index is 0.212. The average Bonchev–Trinajstić information content (AvgIpc) is 2.60. The molecule has 0 aliphatic rings. The Balaban J connectivity index is 2.67. The Morgan fingerprint density at radius 1 is 1.57 bits per heavy atom. The lowest BCUT2D eigenvalue weighted by molar-refractivity contribution is 0.401. The second kappa shape index (κ2) is 5.17. The van der Waals surface area contributed by atoms with E-state index in [4.69, 9.17) is 10.3 Å². The third-order valence-corrected chi connectivity index (χ3v) is 2.81. The molecule has 0 aliphatic heterocycles. The molecule has 2 unspecified atom stereocenters. The van der Waals surface area contributed by atoms with Crippen molar-refractivity contribution in [2.45, 2.75) is 39.7 Å². The number of furan rings is 1. The molecule has 2 atom stereocenters. The molecule has 1 aromatic heterocycles. The zero-order valence-corrected chi connectivity index (χ0v) is 9.21. The Labute approximate surface area is 85.6 Å². The van der Waals surface area contributed by atoms with Crippen molar-refractivity contribution in [2.75, 3.05) is 0 Å². The van der Waals surface area contributed by atoms with Crippen LogP contribution in [0.25, 0.3) is 0 Å². The predicted molar refractivity (Wildman–Crippen MR) is 57.6 cm³/mol. The molecule has 0 amide bonds. The van der Waals surface area contributed by atoms with Gasteiger partial charge in [0.2, 0.25) is 0 Å². The Kier molecular flexibility index (Phi) is 4.17. The van der Waals surface area contributed by atoms with Crippen LogP contribution in [0.3, 0.4) is 0 Å². The number of aryl methyl sites for hydroxylation is 1. The van der Waals surface area contributed by atoms with Gasteiger partial charge in [0.25, 0.3) is 0 Å². The summed E-state index contributed by atoms with van der Waals surface area (Å²) < 4.78 is 5.27. The summed E-state index contributed by atoms with van der Waals surface area (Å²) in [6, 6.07) is 2.20. The van der Waals surface area contributed by atoms with Gasteiger partial charge in [-0.1, -0.05) is 20.3 Å². The van der Waals surface area contributed by atoms with E-state index in [0.717, 1.165) is 12.2 Å². The van der Waals surface area contributed by atoms with Gasteiger partial charge in [-0.15, -0.1) is 0 Å². The van der Waals surface area contributed by atoms with Crippen molar-refractivity contribution >= 4 is 0 Å². The van der Waals surface area contributed by atoms with Gasteiger partial charge in [-0.25, -0.2) is 0 Å². The van der Waals surface area contributed by atoms with E-state index >= 15 is 0 Å². The first-order valence-corrected chi connectivity index (χ1v) is 5.19. The summed E-state index contributed by atoms with van der Waals surface area (Å²) in [5, 5.41) is 0. The number of hydrogen-bond acceptors (Lipinski definition) is 3. The summed E-state index contributed by atoms with van der Waals surface area (Å²) in [4.78, 5) is 0. The third kappa shape index (κ3) is 2.59. The molecule has 0 aliphatic carbocycles.